The normalized spacial score (nSPS) is 12.2. The summed E-state index contributed by atoms with van der Waals surface area (Å²) in [5.41, 5.74) is 10.8. The second-order valence-corrected chi connectivity index (χ2v) is 6.84. The molecule has 3 aromatic carbocycles. The summed E-state index contributed by atoms with van der Waals surface area (Å²) in [4.78, 5) is 37.1. The van der Waals surface area contributed by atoms with Crippen LogP contribution in [0.15, 0.2) is 66.7 Å². The van der Waals surface area contributed by atoms with Gasteiger partial charge in [0.25, 0.3) is 5.91 Å². The van der Waals surface area contributed by atoms with Gasteiger partial charge >= 0.3 is 6.03 Å². The Bertz CT molecular complexity index is 1140. The van der Waals surface area contributed by atoms with Crippen LogP contribution in [0.3, 0.4) is 0 Å². The van der Waals surface area contributed by atoms with Gasteiger partial charge in [0.2, 0.25) is 0 Å². The van der Waals surface area contributed by atoms with Crippen molar-refractivity contribution in [3.63, 3.8) is 0 Å². The van der Waals surface area contributed by atoms with Crippen LogP contribution in [0.25, 0.3) is 11.1 Å². The molecule has 3 aromatic rings. The number of Topliss-reactive ketones (excluding diaryl/α,β-unsaturated/α-hetero) is 1. The average molecular weight is 385 g/mol. The van der Waals surface area contributed by atoms with E-state index in [1.165, 1.54) is 11.8 Å². The summed E-state index contributed by atoms with van der Waals surface area (Å²) < 4.78 is 0. The van der Waals surface area contributed by atoms with Crippen LogP contribution in [0.5, 0.6) is 0 Å². The zero-order valence-corrected chi connectivity index (χ0v) is 15.8. The van der Waals surface area contributed by atoms with Crippen LogP contribution >= 0.6 is 0 Å². The Morgan fingerprint density at radius 2 is 1.62 bits per heavy atom. The summed E-state index contributed by atoms with van der Waals surface area (Å²) in [6.45, 7) is 1.97. The van der Waals surface area contributed by atoms with Crippen molar-refractivity contribution in [2.75, 3.05) is 4.90 Å². The molecule has 1 aliphatic heterocycles. The van der Waals surface area contributed by atoms with Gasteiger partial charge in [-0.05, 0) is 53.9 Å². The number of ketones is 1. The van der Waals surface area contributed by atoms with E-state index < -0.39 is 6.03 Å². The highest BCUT2D eigenvalue weighted by molar-refractivity contribution is 6.02. The Hall–Kier alpha value is -3.93. The average Bonchev–Trinajstić information content (AvgIpc) is 3.10. The highest BCUT2D eigenvalue weighted by Crippen LogP contribution is 2.32. The molecule has 0 bridgehead atoms. The number of urea groups is 1. The predicted molar refractivity (Wildman–Crippen MR) is 111 cm³/mol. The molecule has 1 heterocycles. The van der Waals surface area contributed by atoms with Crippen molar-refractivity contribution in [3.05, 3.63) is 83.4 Å². The van der Waals surface area contributed by atoms with Crippen molar-refractivity contribution in [2.45, 2.75) is 13.5 Å². The quantitative estimate of drug-likeness (QED) is 0.665. The van der Waals surface area contributed by atoms with E-state index >= 15 is 0 Å². The number of amides is 3. The van der Waals surface area contributed by atoms with Crippen molar-refractivity contribution < 1.29 is 14.4 Å². The third kappa shape index (κ3) is 3.36. The van der Waals surface area contributed by atoms with Crippen LogP contribution in [-0.4, -0.2) is 17.7 Å². The number of hydrogen-bond acceptors (Lipinski definition) is 3. The van der Waals surface area contributed by atoms with Gasteiger partial charge in [0.1, 0.15) is 0 Å². The van der Waals surface area contributed by atoms with Crippen LogP contribution in [-0.2, 0) is 6.54 Å². The number of benzene rings is 3. The standard InChI is InChI=1S/C23H19N3O3/c1-14(27)16-4-2-5-18(12-16)26(23(24)29)17-10-8-15(9-11-17)19-6-3-7-20-21(19)13-25-22(20)28/h2-12H,13H2,1H3,(H2,24,29)(H,25,28). The first kappa shape index (κ1) is 18.4. The van der Waals surface area contributed by atoms with E-state index in [0.717, 1.165) is 16.7 Å². The number of nitrogens with one attached hydrogen (secondary N) is 1. The fourth-order valence-electron chi connectivity index (χ4n) is 3.58. The highest BCUT2D eigenvalue weighted by atomic mass is 16.2. The van der Waals surface area contributed by atoms with Gasteiger partial charge in [-0.3, -0.25) is 14.5 Å². The molecule has 3 amide bonds. The van der Waals surface area contributed by atoms with Gasteiger partial charge in [-0.2, -0.15) is 0 Å². The van der Waals surface area contributed by atoms with E-state index in [2.05, 4.69) is 5.32 Å². The Labute approximate surface area is 167 Å². The van der Waals surface area contributed by atoms with Gasteiger partial charge in [-0.15, -0.1) is 0 Å². The Balaban J connectivity index is 1.71. The summed E-state index contributed by atoms with van der Waals surface area (Å²) in [5.74, 6) is -0.156. The molecule has 1 aliphatic rings. The number of hydrogen-bond donors (Lipinski definition) is 2. The van der Waals surface area contributed by atoms with Gasteiger partial charge in [-0.25, -0.2) is 4.79 Å². The molecule has 0 atom stereocenters. The van der Waals surface area contributed by atoms with Crippen LogP contribution in [0, 0.1) is 0 Å². The Morgan fingerprint density at radius 3 is 2.31 bits per heavy atom. The lowest BCUT2D eigenvalue weighted by Crippen LogP contribution is -2.31. The molecule has 0 aliphatic carbocycles. The summed E-state index contributed by atoms with van der Waals surface area (Å²) >= 11 is 0. The van der Waals surface area contributed by atoms with Crippen LogP contribution in [0.1, 0.15) is 33.2 Å². The van der Waals surface area contributed by atoms with Crippen molar-refractivity contribution in [3.8, 4) is 11.1 Å². The SMILES string of the molecule is CC(=O)c1cccc(N(C(N)=O)c2ccc(-c3cccc4c3CNC4=O)cc2)c1. The number of rotatable bonds is 4. The molecule has 0 saturated heterocycles. The molecule has 4 rings (SSSR count). The summed E-state index contributed by atoms with van der Waals surface area (Å²) in [6, 6.07) is 19.1. The smallest absolute Gasteiger partial charge is 0.323 e. The van der Waals surface area contributed by atoms with Gasteiger partial charge in [0, 0.05) is 17.7 Å². The van der Waals surface area contributed by atoms with Crippen molar-refractivity contribution in [2.24, 2.45) is 5.73 Å². The van der Waals surface area contributed by atoms with Crippen LogP contribution < -0.4 is 16.0 Å². The zero-order valence-electron chi connectivity index (χ0n) is 15.8. The zero-order chi connectivity index (χ0) is 20.5. The van der Waals surface area contributed by atoms with Gasteiger partial charge in [0.05, 0.1) is 11.4 Å². The molecule has 0 unspecified atom stereocenters. The molecule has 0 fully saturated rings. The number of primary amides is 1. The molecule has 144 valence electrons. The minimum Gasteiger partial charge on any atom is -0.351 e. The third-order valence-electron chi connectivity index (χ3n) is 5.01. The second-order valence-electron chi connectivity index (χ2n) is 6.84. The largest absolute Gasteiger partial charge is 0.351 e. The van der Waals surface area contributed by atoms with Crippen LogP contribution in [0.4, 0.5) is 16.2 Å². The van der Waals surface area contributed by atoms with E-state index in [0.29, 0.717) is 29.0 Å². The van der Waals surface area contributed by atoms with E-state index in [4.69, 9.17) is 5.73 Å². The predicted octanol–water partition coefficient (Wildman–Crippen LogP) is 4.02. The second kappa shape index (κ2) is 7.24. The minimum absolute atomic E-state index is 0.0660. The number of nitrogens with two attached hydrogens (primary N) is 1. The molecule has 0 spiro atoms. The van der Waals surface area contributed by atoms with E-state index in [-0.39, 0.29) is 11.7 Å². The molecular formula is C23H19N3O3. The first-order chi connectivity index (χ1) is 14.0. The lowest BCUT2D eigenvalue weighted by atomic mass is 9.96. The molecule has 6 heteroatoms. The molecule has 6 nitrogen and oxygen atoms in total. The fourth-order valence-corrected chi connectivity index (χ4v) is 3.58. The minimum atomic E-state index is -0.645. The van der Waals surface area contributed by atoms with Gasteiger partial charge < -0.3 is 11.1 Å². The molecule has 0 radical (unpaired) electrons. The number of carbonyl (C=O) groups excluding carboxylic acids is 3. The van der Waals surface area contributed by atoms with E-state index in [1.54, 1.807) is 36.4 Å². The van der Waals surface area contributed by atoms with Crippen molar-refractivity contribution in [1.82, 2.24) is 5.32 Å². The summed E-state index contributed by atoms with van der Waals surface area (Å²) in [6.07, 6.45) is 0. The highest BCUT2D eigenvalue weighted by Gasteiger charge is 2.22. The molecule has 29 heavy (non-hydrogen) atoms. The number of fused-ring (bicyclic) bond motifs is 1. The third-order valence-corrected chi connectivity index (χ3v) is 5.01. The molecular weight excluding hydrogens is 366 g/mol. The van der Waals surface area contributed by atoms with Crippen molar-refractivity contribution in [1.29, 1.82) is 0 Å². The summed E-state index contributed by atoms with van der Waals surface area (Å²) in [5, 5.41) is 2.84. The maximum Gasteiger partial charge on any atom is 0.323 e. The summed E-state index contributed by atoms with van der Waals surface area (Å²) in [7, 11) is 0. The Kier molecular flexibility index (Phi) is 4.60. The van der Waals surface area contributed by atoms with Gasteiger partial charge in [0.15, 0.2) is 5.78 Å². The first-order valence-corrected chi connectivity index (χ1v) is 9.17. The Morgan fingerprint density at radius 1 is 0.931 bits per heavy atom. The molecule has 0 saturated carbocycles. The number of anilines is 2. The fraction of sp³-hybridized carbons (Fsp3) is 0.0870. The topological polar surface area (TPSA) is 92.5 Å². The lowest BCUT2D eigenvalue weighted by Gasteiger charge is -2.21. The maximum absolute atomic E-state index is 12.1. The maximum atomic E-state index is 12.1. The monoisotopic (exact) mass is 385 g/mol. The molecule has 3 N–H and O–H groups in total. The van der Waals surface area contributed by atoms with Gasteiger partial charge in [-0.1, -0.05) is 36.4 Å². The van der Waals surface area contributed by atoms with Crippen molar-refractivity contribution >= 4 is 29.1 Å². The van der Waals surface area contributed by atoms with E-state index in [1.807, 2.05) is 30.3 Å². The lowest BCUT2D eigenvalue weighted by molar-refractivity contribution is 0.0964. The van der Waals surface area contributed by atoms with Crippen LogP contribution in [0.2, 0.25) is 0 Å². The molecule has 0 aromatic heterocycles. The number of nitrogens with zero attached hydrogens (tertiary/aromatic N) is 1. The first-order valence-electron chi connectivity index (χ1n) is 9.17. The number of carbonyl (C=O) groups is 3. The van der Waals surface area contributed by atoms with E-state index in [9.17, 15) is 14.4 Å².